The van der Waals surface area contributed by atoms with E-state index in [4.69, 9.17) is 0 Å². The molecule has 0 unspecified atom stereocenters. The number of amidine groups is 1. The Bertz CT molecular complexity index is 1190. The van der Waals surface area contributed by atoms with Crippen LogP contribution in [-0.2, 0) is 10.2 Å². The molecule has 4 aliphatic carbocycles. The Hall–Kier alpha value is -2.53. The number of aliphatic imine (C=N–C) groups is 1. The van der Waals surface area contributed by atoms with Crippen molar-refractivity contribution in [2.24, 2.45) is 22.7 Å². The first kappa shape index (κ1) is 22.9. The number of carbonyl (C=O) groups excluding carboxylic acids is 1. The largest absolute Gasteiger partial charge is 0.508 e. The van der Waals surface area contributed by atoms with Crippen LogP contribution in [0.5, 0.6) is 5.75 Å². The molecule has 4 nitrogen and oxygen atoms in total. The average molecular weight is 487 g/mol. The monoisotopic (exact) mass is 486 g/mol. The lowest BCUT2D eigenvalue weighted by atomic mass is 9.48. The van der Waals surface area contributed by atoms with Crippen molar-refractivity contribution in [3.63, 3.8) is 0 Å². The number of phenols is 1. The Labute approximate surface area is 212 Å². The minimum atomic E-state index is -0.156. The molecule has 4 fully saturated rings. The van der Waals surface area contributed by atoms with Crippen molar-refractivity contribution in [1.29, 1.82) is 0 Å². The molecule has 182 valence electrons. The van der Waals surface area contributed by atoms with Crippen LogP contribution in [0.3, 0.4) is 0 Å². The van der Waals surface area contributed by atoms with Gasteiger partial charge in [-0.05, 0) is 128 Å². The predicted molar refractivity (Wildman–Crippen MR) is 144 cm³/mol. The SMILES string of the molecule is CCN(CC)C1=NC(=O)/C(=C/c2cccc(-c3ccc(O)c(C45CC6CC(CC(C6)C4)C5)c3)c2)S1. The standard InChI is InChI=1S/C30H34N2O2S/c1-3-32(4-2)29-31-28(34)27(35-29)14-19-6-5-7-23(13-19)24-8-9-26(33)25(15-24)30-16-20-10-21(17-30)12-22(11-20)18-30/h5-9,13-15,20-22,33H,3-4,10-12,16-18H2,1-2H3/b27-14-. The fourth-order valence-corrected chi connectivity index (χ4v) is 8.61. The van der Waals surface area contributed by atoms with Crippen LogP contribution >= 0.6 is 11.8 Å². The molecule has 1 heterocycles. The fraction of sp³-hybridized carbons (Fsp3) is 0.467. The van der Waals surface area contributed by atoms with Crippen LogP contribution in [0, 0.1) is 17.8 Å². The summed E-state index contributed by atoms with van der Waals surface area (Å²) in [4.78, 5) is 19.6. The van der Waals surface area contributed by atoms with Crippen LogP contribution in [0.2, 0.25) is 0 Å². The van der Waals surface area contributed by atoms with Crippen LogP contribution in [0.25, 0.3) is 17.2 Å². The lowest BCUT2D eigenvalue weighted by Crippen LogP contribution is -2.48. The molecule has 0 aromatic heterocycles. The summed E-state index contributed by atoms with van der Waals surface area (Å²) in [5, 5.41) is 11.8. The van der Waals surface area contributed by atoms with E-state index in [9.17, 15) is 9.90 Å². The topological polar surface area (TPSA) is 52.9 Å². The van der Waals surface area contributed by atoms with Gasteiger partial charge in [0.15, 0.2) is 5.17 Å². The second-order valence-electron chi connectivity index (χ2n) is 11.0. The third-order valence-corrected chi connectivity index (χ3v) is 9.81. The van der Waals surface area contributed by atoms with E-state index >= 15 is 0 Å². The minimum Gasteiger partial charge on any atom is -0.508 e. The zero-order valence-corrected chi connectivity index (χ0v) is 21.5. The predicted octanol–water partition coefficient (Wildman–Crippen LogP) is 6.84. The van der Waals surface area contributed by atoms with Crippen LogP contribution in [0.1, 0.15) is 63.5 Å². The van der Waals surface area contributed by atoms with Gasteiger partial charge in [0.05, 0.1) is 4.91 Å². The first-order chi connectivity index (χ1) is 17.0. The number of aromatic hydroxyl groups is 1. The summed E-state index contributed by atoms with van der Waals surface area (Å²) in [6.07, 6.45) is 9.84. The maximum atomic E-state index is 12.5. The van der Waals surface area contributed by atoms with Crippen molar-refractivity contribution < 1.29 is 9.90 Å². The van der Waals surface area contributed by atoms with E-state index < -0.39 is 0 Å². The molecule has 1 aliphatic heterocycles. The van der Waals surface area contributed by atoms with Gasteiger partial charge >= 0.3 is 0 Å². The smallest absolute Gasteiger partial charge is 0.286 e. The van der Waals surface area contributed by atoms with E-state index in [1.807, 2.05) is 24.3 Å². The van der Waals surface area contributed by atoms with Crippen molar-refractivity contribution in [3.8, 4) is 16.9 Å². The van der Waals surface area contributed by atoms with Crippen molar-refractivity contribution in [1.82, 2.24) is 4.90 Å². The number of carbonyl (C=O) groups is 1. The van der Waals surface area contributed by atoms with Gasteiger partial charge in [-0.2, -0.15) is 4.99 Å². The molecule has 1 amide bonds. The van der Waals surface area contributed by atoms with Crippen LogP contribution < -0.4 is 0 Å². The van der Waals surface area contributed by atoms with E-state index in [0.717, 1.165) is 58.3 Å². The van der Waals surface area contributed by atoms with E-state index in [0.29, 0.717) is 10.7 Å². The Kier molecular flexibility index (Phi) is 5.79. The normalized spacial score (nSPS) is 30.2. The molecule has 35 heavy (non-hydrogen) atoms. The molecule has 0 radical (unpaired) electrons. The Morgan fingerprint density at radius 1 is 1.00 bits per heavy atom. The van der Waals surface area contributed by atoms with Gasteiger partial charge in [0.2, 0.25) is 0 Å². The number of benzene rings is 2. The number of hydrogen-bond donors (Lipinski definition) is 1. The molecule has 2 aromatic carbocycles. The van der Waals surface area contributed by atoms with Crippen LogP contribution in [0.15, 0.2) is 52.4 Å². The molecular weight excluding hydrogens is 452 g/mol. The van der Waals surface area contributed by atoms with Crippen molar-refractivity contribution in [2.75, 3.05) is 13.1 Å². The maximum absolute atomic E-state index is 12.5. The van der Waals surface area contributed by atoms with Gasteiger partial charge in [-0.3, -0.25) is 4.79 Å². The number of thioether (sulfide) groups is 1. The summed E-state index contributed by atoms with van der Waals surface area (Å²) in [5.41, 5.74) is 4.57. The van der Waals surface area contributed by atoms with Gasteiger partial charge < -0.3 is 10.0 Å². The zero-order valence-electron chi connectivity index (χ0n) is 20.7. The van der Waals surface area contributed by atoms with Crippen molar-refractivity contribution in [2.45, 2.75) is 57.8 Å². The zero-order chi connectivity index (χ0) is 24.2. The third kappa shape index (κ3) is 4.12. The number of phenolic OH excluding ortho intramolecular Hbond substituents is 1. The highest BCUT2D eigenvalue weighted by Crippen LogP contribution is 2.62. The number of hydrogen-bond acceptors (Lipinski definition) is 4. The minimum absolute atomic E-state index is 0.152. The quantitative estimate of drug-likeness (QED) is 0.470. The molecule has 0 spiro atoms. The van der Waals surface area contributed by atoms with E-state index in [2.05, 4.69) is 48.0 Å². The first-order valence-electron chi connectivity index (χ1n) is 13.2. The summed E-state index contributed by atoms with van der Waals surface area (Å²) < 4.78 is 0. The molecule has 0 saturated heterocycles. The third-order valence-electron chi connectivity index (χ3n) is 8.77. The molecular formula is C30H34N2O2S. The summed E-state index contributed by atoms with van der Waals surface area (Å²) in [6.45, 7) is 5.84. The van der Waals surface area contributed by atoms with Crippen molar-refractivity contribution >= 4 is 28.9 Å². The van der Waals surface area contributed by atoms with Gasteiger partial charge in [-0.25, -0.2) is 0 Å². The Balaban J connectivity index is 1.29. The fourth-order valence-electron chi connectivity index (χ4n) is 7.57. The molecule has 4 saturated carbocycles. The van der Waals surface area contributed by atoms with E-state index in [1.165, 1.54) is 50.3 Å². The van der Waals surface area contributed by atoms with Gasteiger partial charge in [0, 0.05) is 18.7 Å². The molecule has 2 aromatic rings. The summed E-state index contributed by atoms with van der Waals surface area (Å²) in [5.74, 6) is 2.82. The van der Waals surface area contributed by atoms with Crippen molar-refractivity contribution in [3.05, 3.63) is 58.5 Å². The summed E-state index contributed by atoms with van der Waals surface area (Å²) in [7, 11) is 0. The molecule has 1 N–H and O–H groups in total. The number of rotatable bonds is 5. The summed E-state index contributed by atoms with van der Waals surface area (Å²) in [6, 6.07) is 14.5. The van der Waals surface area contributed by atoms with Crippen LogP contribution in [-0.4, -0.2) is 34.2 Å². The maximum Gasteiger partial charge on any atom is 0.286 e. The van der Waals surface area contributed by atoms with E-state index in [1.54, 1.807) is 0 Å². The highest BCUT2D eigenvalue weighted by atomic mass is 32.2. The lowest BCUT2D eigenvalue weighted by molar-refractivity contribution is -0.113. The molecule has 5 aliphatic rings. The van der Waals surface area contributed by atoms with Gasteiger partial charge in [-0.1, -0.05) is 24.3 Å². The van der Waals surface area contributed by atoms with Gasteiger partial charge in [0.1, 0.15) is 5.75 Å². The highest BCUT2D eigenvalue weighted by molar-refractivity contribution is 8.18. The summed E-state index contributed by atoms with van der Waals surface area (Å²) >= 11 is 1.46. The second kappa shape index (κ2) is 8.85. The molecule has 0 atom stereocenters. The van der Waals surface area contributed by atoms with E-state index in [-0.39, 0.29) is 11.3 Å². The van der Waals surface area contributed by atoms with Gasteiger partial charge in [-0.15, -0.1) is 0 Å². The Morgan fingerprint density at radius 2 is 1.66 bits per heavy atom. The molecule has 7 rings (SSSR count). The van der Waals surface area contributed by atoms with Gasteiger partial charge in [0.25, 0.3) is 5.91 Å². The number of amides is 1. The lowest BCUT2D eigenvalue weighted by Gasteiger charge is -2.57. The number of nitrogens with zero attached hydrogens (tertiary/aromatic N) is 2. The van der Waals surface area contributed by atoms with Crippen LogP contribution in [0.4, 0.5) is 0 Å². The second-order valence-corrected chi connectivity index (χ2v) is 12.0. The average Bonchev–Trinajstić information content (AvgIpc) is 3.19. The first-order valence-corrected chi connectivity index (χ1v) is 14.0. The molecule has 5 heteroatoms. The Morgan fingerprint density at radius 3 is 2.31 bits per heavy atom. The highest BCUT2D eigenvalue weighted by Gasteiger charge is 2.52. The molecule has 4 bridgehead atoms.